The second-order valence-electron chi connectivity index (χ2n) is 7.03. The van der Waals surface area contributed by atoms with Crippen LogP contribution in [0.2, 0.25) is 0 Å². The van der Waals surface area contributed by atoms with Crippen molar-refractivity contribution in [2.24, 2.45) is 5.92 Å². The maximum absolute atomic E-state index is 11.7. The van der Waals surface area contributed by atoms with Crippen molar-refractivity contribution in [3.05, 3.63) is 47.8 Å². The van der Waals surface area contributed by atoms with Crippen LogP contribution in [0.15, 0.2) is 47.8 Å². The summed E-state index contributed by atoms with van der Waals surface area (Å²) in [7, 11) is 0. The molecule has 1 aromatic carbocycles. The van der Waals surface area contributed by atoms with Crippen LogP contribution in [0.1, 0.15) is 33.1 Å². The van der Waals surface area contributed by atoms with Crippen molar-refractivity contribution in [3.8, 4) is 16.3 Å². The second kappa shape index (κ2) is 9.51. The summed E-state index contributed by atoms with van der Waals surface area (Å²) < 4.78 is 5.84. The maximum Gasteiger partial charge on any atom is 0.220 e. The van der Waals surface area contributed by atoms with Crippen LogP contribution >= 0.6 is 11.3 Å². The Hall–Kier alpha value is -2.40. The number of carbonyl (C=O) groups is 1. The highest BCUT2D eigenvalue weighted by Crippen LogP contribution is 2.26. The van der Waals surface area contributed by atoms with Crippen molar-refractivity contribution >= 4 is 28.1 Å². The molecule has 0 unspecified atom stereocenters. The van der Waals surface area contributed by atoms with E-state index in [1.807, 2.05) is 30.3 Å². The van der Waals surface area contributed by atoms with Gasteiger partial charge in [-0.2, -0.15) is 0 Å². The first-order chi connectivity index (χ1) is 13.1. The summed E-state index contributed by atoms with van der Waals surface area (Å²) in [6.45, 7) is 5.55. The number of nitrogens with zero attached hydrogens (tertiary/aromatic N) is 1. The quantitative estimate of drug-likeness (QED) is 0.512. The topological polar surface area (TPSA) is 51.2 Å². The summed E-state index contributed by atoms with van der Waals surface area (Å²) in [6, 6.07) is 14.2. The summed E-state index contributed by atoms with van der Waals surface area (Å²) >= 11 is 1.69. The molecule has 142 valence electrons. The number of amides is 1. The third kappa shape index (κ3) is 5.79. The lowest BCUT2D eigenvalue weighted by atomic mass is 10.2. The van der Waals surface area contributed by atoms with E-state index in [-0.39, 0.29) is 5.91 Å². The number of ether oxygens (including phenoxy) is 1. The van der Waals surface area contributed by atoms with Crippen LogP contribution in [0.4, 0.5) is 0 Å². The largest absolute Gasteiger partial charge is 0.494 e. The Labute approximate surface area is 164 Å². The van der Waals surface area contributed by atoms with Crippen LogP contribution in [0.5, 0.6) is 5.75 Å². The van der Waals surface area contributed by atoms with E-state index in [9.17, 15) is 4.79 Å². The van der Waals surface area contributed by atoms with Gasteiger partial charge in [-0.15, -0.1) is 11.3 Å². The first-order valence-electron chi connectivity index (χ1n) is 9.46. The van der Waals surface area contributed by atoms with Crippen molar-refractivity contribution in [1.29, 1.82) is 0 Å². The number of rotatable bonds is 9. The highest BCUT2D eigenvalue weighted by atomic mass is 32.1. The second-order valence-corrected chi connectivity index (χ2v) is 7.98. The van der Waals surface area contributed by atoms with E-state index in [1.165, 1.54) is 4.88 Å². The molecule has 0 radical (unpaired) electrons. The summed E-state index contributed by atoms with van der Waals surface area (Å²) in [5, 5.41) is 6.07. The van der Waals surface area contributed by atoms with Gasteiger partial charge in [-0.05, 0) is 54.5 Å². The van der Waals surface area contributed by atoms with Crippen molar-refractivity contribution in [2.45, 2.75) is 33.1 Å². The van der Waals surface area contributed by atoms with Crippen LogP contribution in [-0.2, 0) is 4.79 Å². The monoisotopic (exact) mass is 382 g/mol. The lowest BCUT2D eigenvalue weighted by Crippen LogP contribution is -2.27. The molecule has 0 bridgehead atoms. The molecular weight excluding hydrogens is 356 g/mol. The highest BCUT2D eigenvalue weighted by Gasteiger charge is 2.05. The number of benzene rings is 1. The van der Waals surface area contributed by atoms with E-state index in [4.69, 9.17) is 9.72 Å². The Bertz CT molecular complexity index is 875. The molecule has 0 saturated carbocycles. The molecule has 0 aliphatic carbocycles. The first kappa shape index (κ1) is 19.4. The molecule has 0 saturated heterocycles. The van der Waals surface area contributed by atoms with Gasteiger partial charge in [-0.1, -0.05) is 26.0 Å². The van der Waals surface area contributed by atoms with Crippen LogP contribution in [0.3, 0.4) is 0 Å². The summed E-state index contributed by atoms with van der Waals surface area (Å²) in [5.41, 5.74) is 1.97. The number of nitrogens with one attached hydrogen (secondary N) is 1. The third-order valence-corrected chi connectivity index (χ3v) is 5.10. The molecule has 0 aliphatic heterocycles. The Kier molecular flexibility index (Phi) is 6.82. The number of hydrogen-bond acceptors (Lipinski definition) is 4. The highest BCUT2D eigenvalue weighted by molar-refractivity contribution is 7.13. The number of hydrogen-bond donors (Lipinski definition) is 1. The number of pyridine rings is 1. The Morgan fingerprint density at radius 1 is 1.19 bits per heavy atom. The van der Waals surface area contributed by atoms with Gasteiger partial charge in [0.2, 0.25) is 5.91 Å². The lowest BCUT2D eigenvalue weighted by Gasteiger charge is -2.09. The fraction of sp³-hybridized carbons (Fsp3) is 0.364. The van der Waals surface area contributed by atoms with Gasteiger partial charge in [0.25, 0.3) is 0 Å². The van der Waals surface area contributed by atoms with Crippen LogP contribution < -0.4 is 10.1 Å². The van der Waals surface area contributed by atoms with Gasteiger partial charge in [0.05, 0.1) is 22.7 Å². The summed E-state index contributed by atoms with van der Waals surface area (Å²) in [5.74, 6) is 1.46. The normalized spacial score (nSPS) is 11.1. The van der Waals surface area contributed by atoms with Crippen LogP contribution in [0.25, 0.3) is 21.5 Å². The van der Waals surface area contributed by atoms with Crippen LogP contribution in [-0.4, -0.2) is 24.0 Å². The summed E-state index contributed by atoms with van der Waals surface area (Å²) in [4.78, 5) is 17.6. The van der Waals surface area contributed by atoms with Gasteiger partial charge in [0, 0.05) is 18.4 Å². The number of fused-ring (bicyclic) bond motifs is 1. The first-order valence-corrected chi connectivity index (χ1v) is 10.3. The molecule has 2 heterocycles. The molecule has 1 N–H and O–H groups in total. The molecule has 2 aromatic heterocycles. The average molecular weight is 383 g/mol. The molecule has 1 amide bonds. The SMILES string of the molecule is CC(C)CNC(=O)CCCCOc1ccc2nc(-c3cccs3)ccc2c1. The van der Waals surface area contributed by atoms with Crippen molar-refractivity contribution in [2.75, 3.05) is 13.2 Å². The number of thiophene rings is 1. The Balaban J connectivity index is 1.47. The van der Waals surface area contributed by atoms with E-state index in [0.717, 1.165) is 41.7 Å². The maximum atomic E-state index is 11.7. The van der Waals surface area contributed by atoms with Crippen molar-refractivity contribution in [3.63, 3.8) is 0 Å². The van der Waals surface area contributed by atoms with Gasteiger partial charge in [0.15, 0.2) is 0 Å². The van der Waals surface area contributed by atoms with E-state index in [2.05, 4.69) is 36.7 Å². The predicted molar refractivity (Wildman–Crippen MR) is 112 cm³/mol. The molecule has 4 nitrogen and oxygen atoms in total. The molecule has 3 aromatic rings. The molecule has 0 atom stereocenters. The minimum atomic E-state index is 0.127. The minimum Gasteiger partial charge on any atom is -0.494 e. The van der Waals surface area contributed by atoms with E-state index in [0.29, 0.717) is 18.9 Å². The van der Waals surface area contributed by atoms with Crippen molar-refractivity contribution in [1.82, 2.24) is 10.3 Å². The molecule has 5 heteroatoms. The van der Waals surface area contributed by atoms with Gasteiger partial charge in [-0.25, -0.2) is 4.98 Å². The Morgan fingerprint density at radius 2 is 2.07 bits per heavy atom. The number of unbranched alkanes of at least 4 members (excludes halogenated alkanes) is 1. The smallest absolute Gasteiger partial charge is 0.220 e. The van der Waals surface area contributed by atoms with Crippen molar-refractivity contribution < 1.29 is 9.53 Å². The fourth-order valence-electron chi connectivity index (χ4n) is 2.74. The Morgan fingerprint density at radius 3 is 2.85 bits per heavy atom. The van der Waals surface area contributed by atoms with Gasteiger partial charge in [0.1, 0.15) is 5.75 Å². The molecule has 0 aliphatic rings. The zero-order valence-electron chi connectivity index (χ0n) is 15.9. The average Bonchev–Trinajstić information content (AvgIpc) is 3.20. The molecule has 0 fully saturated rings. The zero-order chi connectivity index (χ0) is 19.1. The van der Waals surface area contributed by atoms with Gasteiger partial charge in [-0.3, -0.25) is 4.79 Å². The molecule has 3 rings (SSSR count). The van der Waals surface area contributed by atoms with E-state index >= 15 is 0 Å². The van der Waals surface area contributed by atoms with Crippen LogP contribution in [0, 0.1) is 5.92 Å². The zero-order valence-corrected chi connectivity index (χ0v) is 16.7. The van der Waals surface area contributed by atoms with E-state index < -0.39 is 0 Å². The number of aromatic nitrogens is 1. The van der Waals surface area contributed by atoms with Gasteiger partial charge < -0.3 is 10.1 Å². The molecule has 27 heavy (non-hydrogen) atoms. The number of carbonyl (C=O) groups excluding carboxylic acids is 1. The molecule has 0 spiro atoms. The van der Waals surface area contributed by atoms with Gasteiger partial charge >= 0.3 is 0 Å². The summed E-state index contributed by atoms with van der Waals surface area (Å²) in [6.07, 6.45) is 2.26. The molecular formula is C22H26N2O2S. The standard InChI is InChI=1S/C22H26N2O2S/c1-16(2)15-23-22(25)7-3-4-12-26-18-9-11-19-17(14-18)8-10-20(24-19)21-6-5-13-27-21/h5-6,8-11,13-14,16H,3-4,7,12,15H2,1-2H3,(H,23,25). The predicted octanol–water partition coefficient (Wildman–Crippen LogP) is 5.28. The fourth-order valence-corrected chi connectivity index (χ4v) is 3.43. The lowest BCUT2D eigenvalue weighted by molar-refractivity contribution is -0.121. The minimum absolute atomic E-state index is 0.127. The van der Waals surface area contributed by atoms with E-state index in [1.54, 1.807) is 11.3 Å². The third-order valence-electron chi connectivity index (χ3n) is 4.21.